The topological polar surface area (TPSA) is 39.2 Å². The molecular formula is C7H5ClFNO2. The Morgan fingerprint density at radius 2 is 2.50 bits per heavy atom. The molecule has 0 saturated heterocycles. The predicted octanol–water partition coefficient (Wildman–Crippen LogP) is 1.57. The standard InChI is InChI=1S/C7H5ClFNO2/c8-4-12-7(11)5-1-2-10-6(9)3-5/h1-3H,4H2. The van der Waals surface area contributed by atoms with Gasteiger partial charge in [0.1, 0.15) is 0 Å². The van der Waals surface area contributed by atoms with Gasteiger partial charge in [0.15, 0.2) is 6.07 Å². The number of rotatable bonds is 2. The van der Waals surface area contributed by atoms with Crippen LogP contribution < -0.4 is 0 Å². The summed E-state index contributed by atoms with van der Waals surface area (Å²) in [5, 5.41) is 0. The first kappa shape index (κ1) is 8.93. The summed E-state index contributed by atoms with van der Waals surface area (Å²) < 4.78 is 16.8. The number of pyridine rings is 1. The zero-order valence-corrected chi connectivity index (χ0v) is 6.71. The first-order valence-electron chi connectivity index (χ1n) is 3.08. The monoisotopic (exact) mass is 189 g/mol. The minimum absolute atomic E-state index is 0.100. The Morgan fingerprint density at radius 3 is 3.08 bits per heavy atom. The predicted molar refractivity (Wildman–Crippen MR) is 40.3 cm³/mol. The van der Waals surface area contributed by atoms with E-state index in [9.17, 15) is 9.18 Å². The van der Waals surface area contributed by atoms with E-state index in [4.69, 9.17) is 11.6 Å². The van der Waals surface area contributed by atoms with Gasteiger partial charge in [-0.2, -0.15) is 4.39 Å². The maximum atomic E-state index is 12.4. The van der Waals surface area contributed by atoms with E-state index < -0.39 is 11.9 Å². The zero-order chi connectivity index (χ0) is 8.97. The Kier molecular flexibility index (Phi) is 2.99. The fraction of sp³-hybridized carbons (Fsp3) is 0.143. The van der Waals surface area contributed by atoms with Crippen molar-refractivity contribution < 1.29 is 13.9 Å². The Balaban J connectivity index is 2.81. The number of esters is 1. The smallest absolute Gasteiger partial charge is 0.339 e. The molecule has 0 unspecified atom stereocenters. The minimum atomic E-state index is -0.723. The molecule has 1 aromatic heterocycles. The molecule has 0 saturated carbocycles. The molecule has 0 amide bonds. The molecule has 0 N–H and O–H groups in total. The summed E-state index contributed by atoms with van der Waals surface area (Å²) in [6.45, 7) is 0. The van der Waals surface area contributed by atoms with Crippen molar-refractivity contribution in [3.8, 4) is 0 Å². The fourth-order valence-corrected chi connectivity index (χ4v) is 0.761. The molecule has 0 bridgehead atoms. The molecule has 0 aromatic carbocycles. The van der Waals surface area contributed by atoms with Gasteiger partial charge in [-0.25, -0.2) is 9.78 Å². The second-order valence-electron chi connectivity index (χ2n) is 1.91. The molecule has 0 fully saturated rings. The number of alkyl halides is 1. The van der Waals surface area contributed by atoms with Gasteiger partial charge in [-0.3, -0.25) is 0 Å². The van der Waals surface area contributed by atoms with Crippen molar-refractivity contribution in [2.24, 2.45) is 0 Å². The van der Waals surface area contributed by atoms with E-state index in [2.05, 4.69) is 9.72 Å². The number of aromatic nitrogens is 1. The maximum absolute atomic E-state index is 12.4. The quantitative estimate of drug-likeness (QED) is 0.403. The van der Waals surface area contributed by atoms with Gasteiger partial charge in [-0.15, -0.1) is 0 Å². The highest BCUT2D eigenvalue weighted by atomic mass is 35.5. The van der Waals surface area contributed by atoms with E-state index >= 15 is 0 Å². The average molecular weight is 190 g/mol. The molecule has 1 rings (SSSR count). The molecule has 64 valence electrons. The van der Waals surface area contributed by atoms with Gasteiger partial charge in [-0.05, 0) is 6.07 Å². The number of hydrogen-bond donors (Lipinski definition) is 0. The van der Waals surface area contributed by atoms with Crippen molar-refractivity contribution in [1.29, 1.82) is 0 Å². The van der Waals surface area contributed by atoms with Crippen LogP contribution in [0.15, 0.2) is 18.3 Å². The second-order valence-corrected chi connectivity index (χ2v) is 2.13. The minimum Gasteiger partial charge on any atom is -0.446 e. The summed E-state index contributed by atoms with van der Waals surface area (Å²) >= 11 is 5.13. The van der Waals surface area contributed by atoms with Crippen molar-refractivity contribution >= 4 is 17.6 Å². The van der Waals surface area contributed by atoms with Crippen LogP contribution in [-0.4, -0.2) is 17.0 Å². The van der Waals surface area contributed by atoms with Crippen LogP contribution in [0.2, 0.25) is 0 Å². The third-order valence-corrected chi connectivity index (χ3v) is 1.26. The first-order chi connectivity index (χ1) is 5.74. The lowest BCUT2D eigenvalue weighted by atomic mass is 10.3. The third-order valence-electron chi connectivity index (χ3n) is 1.15. The first-order valence-corrected chi connectivity index (χ1v) is 3.62. The van der Waals surface area contributed by atoms with Crippen molar-refractivity contribution in [1.82, 2.24) is 4.98 Å². The molecule has 3 nitrogen and oxygen atoms in total. The maximum Gasteiger partial charge on any atom is 0.339 e. The van der Waals surface area contributed by atoms with Crippen LogP contribution >= 0.6 is 11.6 Å². The summed E-state index contributed by atoms with van der Waals surface area (Å²) in [6, 6.07) is 2.08. The van der Waals surface area contributed by atoms with Gasteiger partial charge < -0.3 is 4.74 Å². The number of halogens is 2. The zero-order valence-electron chi connectivity index (χ0n) is 5.96. The van der Waals surface area contributed by atoms with Crippen LogP contribution in [0.5, 0.6) is 0 Å². The fourth-order valence-electron chi connectivity index (χ4n) is 0.662. The molecule has 0 radical (unpaired) electrons. The van der Waals surface area contributed by atoms with E-state index in [0.29, 0.717) is 0 Å². The van der Waals surface area contributed by atoms with Crippen LogP contribution in [0, 0.1) is 5.95 Å². The molecule has 0 atom stereocenters. The Bertz CT molecular complexity index is 292. The lowest BCUT2D eigenvalue weighted by Crippen LogP contribution is -2.04. The van der Waals surface area contributed by atoms with Crippen LogP contribution in [0.1, 0.15) is 10.4 Å². The van der Waals surface area contributed by atoms with Crippen LogP contribution in [-0.2, 0) is 4.74 Å². The van der Waals surface area contributed by atoms with Crippen molar-refractivity contribution in [2.75, 3.05) is 6.07 Å². The summed E-state index contributed by atoms with van der Waals surface area (Å²) in [5.41, 5.74) is 0.100. The van der Waals surface area contributed by atoms with Gasteiger partial charge in [-0.1, -0.05) is 11.6 Å². The Morgan fingerprint density at radius 1 is 1.75 bits per heavy atom. The molecule has 0 spiro atoms. The summed E-state index contributed by atoms with van der Waals surface area (Å²) in [7, 11) is 0. The van der Waals surface area contributed by atoms with E-state index in [1.165, 1.54) is 12.3 Å². The summed E-state index contributed by atoms with van der Waals surface area (Å²) in [4.78, 5) is 14.2. The van der Waals surface area contributed by atoms with E-state index in [1.807, 2.05) is 0 Å². The lowest BCUT2D eigenvalue weighted by molar-refractivity contribution is 0.0573. The third kappa shape index (κ3) is 2.17. The van der Waals surface area contributed by atoms with Crippen LogP contribution in [0.3, 0.4) is 0 Å². The summed E-state index contributed by atoms with van der Waals surface area (Å²) in [6.07, 6.45) is 1.18. The summed E-state index contributed by atoms with van der Waals surface area (Å²) in [5.74, 6) is -1.38. The largest absolute Gasteiger partial charge is 0.446 e. The number of nitrogens with zero attached hydrogens (tertiary/aromatic N) is 1. The van der Waals surface area contributed by atoms with Gasteiger partial charge in [0.05, 0.1) is 5.56 Å². The van der Waals surface area contributed by atoms with Gasteiger partial charge in [0.2, 0.25) is 5.95 Å². The van der Waals surface area contributed by atoms with Gasteiger partial charge in [0, 0.05) is 12.3 Å². The molecule has 5 heteroatoms. The SMILES string of the molecule is O=C(OCCl)c1ccnc(F)c1. The van der Waals surface area contributed by atoms with Crippen LogP contribution in [0.25, 0.3) is 0 Å². The molecule has 0 aliphatic rings. The van der Waals surface area contributed by atoms with E-state index in [0.717, 1.165) is 6.07 Å². The normalized spacial score (nSPS) is 9.50. The van der Waals surface area contributed by atoms with E-state index in [-0.39, 0.29) is 11.6 Å². The lowest BCUT2D eigenvalue weighted by Gasteiger charge is -1.98. The second kappa shape index (κ2) is 4.01. The highest BCUT2D eigenvalue weighted by Gasteiger charge is 2.06. The van der Waals surface area contributed by atoms with Gasteiger partial charge >= 0.3 is 5.97 Å². The molecule has 1 aromatic rings. The molecule has 0 aliphatic heterocycles. The Hall–Kier alpha value is -1.16. The number of hydrogen-bond acceptors (Lipinski definition) is 3. The van der Waals surface area contributed by atoms with Crippen molar-refractivity contribution in [2.45, 2.75) is 0 Å². The Labute approximate surface area is 73.1 Å². The van der Waals surface area contributed by atoms with Crippen LogP contribution in [0.4, 0.5) is 4.39 Å². The van der Waals surface area contributed by atoms with Crippen molar-refractivity contribution in [3.63, 3.8) is 0 Å². The number of carbonyl (C=O) groups excluding carboxylic acids is 1. The van der Waals surface area contributed by atoms with Gasteiger partial charge in [0.25, 0.3) is 0 Å². The van der Waals surface area contributed by atoms with Crippen molar-refractivity contribution in [3.05, 3.63) is 29.8 Å². The molecule has 1 heterocycles. The highest BCUT2D eigenvalue weighted by Crippen LogP contribution is 2.02. The number of ether oxygens (including phenoxy) is 1. The molecule has 0 aliphatic carbocycles. The highest BCUT2D eigenvalue weighted by molar-refractivity contribution is 6.17. The van der Waals surface area contributed by atoms with E-state index in [1.54, 1.807) is 0 Å². The average Bonchev–Trinajstić information content (AvgIpc) is 2.05. The number of carbonyl (C=O) groups is 1. The molecule has 12 heavy (non-hydrogen) atoms. The molecular weight excluding hydrogens is 185 g/mol.